The van der Waals surface area contributed by atoms with Crippen molar-refractivity contribution < 1.29 is 18.0 Å². The smallest absolute Gasteiger partial charge is 0.345 e. The van der Waals surface area contributed by atoms with Gasteiger partial charge in [0, 0.05) is 24.4 Å². The van der Waals surface area contributed by atoms with E-state index in [1.54, 1.807) is 29.1 Å². The zero-order chi connectivity index (χ0) is 23.9. The van der Waals surface area contributed by atoms with Crippen LogP contribution in [0, 0.1) is 0 Å². The zero-order valence-electron chi connectivity index (χ0n) is 18.0. The minimum atomic E-state index is -4.69. The molecule has 0 spiro atoms. The fourth-order valence-corrected chi connectivity index (χ4v) is 3.84. The summed E-state index contributed by atoms with van der Waals surface area (Å²) in [5.41, 5.74) is 0.213. The van der Waals surface area contributed by atoms with Gasteiger partial charge in [-0.25, -0.2) is 9.50 Å². The van der Waals surface area contributed by atoms with Gasteiger partial charge in [0.25, 0.3) is 5.91 Å². The van der Waals surface area contributed by atoms with Gasteiger partial charge in [0.05, 0.1) is 17.9 Å². The summed E-state index contributed by atoms with van der Waals surface area (Å²) in [6.45, 7) is 2.71. The molecule has 2 aromatic carbocycles. The normalized spacial score (nSPS) is 11.9. The van der Waals surface area contributed by atoms with Gasteiger partial charge in [-0.05, 0) is 35.9 Å². The van der Waals surface area contributed by atoms with Crippen molar-refractivity contribution in [2.45, 2.75) is 26.2 Å². The lowest BCUT2D eigenvalue weighted by molar-refractivity contribution is -0.142. The Morgan fingerprint density at radius 1 is 1.03 bits per heavy atom. The Kier molecular flexibility index (Phi) is 5.27. The van der Waals surface area contributed by atoms with Crippen molar-refractivity contribution in [3.8, 4) is 11.3 Å². The van der Waals surface area contributed by atoms with Crippen LogP contribution in [0.15, 0.2) is 66.9 Å². The van der Waals surface area contributed by atoms with E-state index in [9.17, 15) is 18.0 Å². The summed E-state index contributed by atoms with van der Waals surface area (Å²) in [5.74, 6) is -0.602. The highest BCUT2D eigenvalue weighted by atomic mass is 19.4. The number of carbonyl (C=O) groups is 1. The Labute approximate surface area is 191 Å². The Hall–Kier alpha value is -4.21. The molecule has 3 heterocycles. The molecule has 7 nitrogen and oxygen atoms in total. The van der Waals surface area contributed by atoms with Crippen LogP contribution < -0.4 is 5.32 Å². The van der Waals surface area contributed by atoms with E-state index in [1.807, 2.05) is 37.3 Å². The van der Waals surface area contributed by atoms with E-state index in [0.29, 0.717) is 16.6 Å². The van der Waals surface area contributed by atoms with Gasteiger partial charge in [0.2, 0.25) is 0 Å². The first-order valence-corrected chi connectivity index (χ1v) is 10.6. The summed E-state index contributed by atoms with van der Waals surface area (Å²) in [4.78, 5) is 17.0. The van der Waals surface area contributed by atoms with Crippen molar-refractivity contribution in [3.63, 3.8) is 0 Å². The average Bonchev–Trinajstić information content (AvgIpc) is 3.47. The first-order chi connectivity index (χ1) is 16.3. The molecule has 0 aliphatic rings. The van der Waals surface area contributed by atoms with Gasteiger partial charge in [0.1, 0.15) is 0 Å². The van der Waals surface area contributed by atoms with Gasteiger partial charge in [-0.2, -0.15) is 23.4 Å². The SMILES string of the molecule is CCn1nccc1CNC(=O)c1cc2nc(-c3ccc4ccccc4c3)cc(C(F)(F)F)n2n1. The molecule has 1 N–H and O–H groups in total. The van der Waals surface area contributed by atoms with E-state index in [-0.39, 0.29) is 23.6 Å². The van der Waals surface area contributed by atoms with Crippen molar-refractivity contribution in [1.82, 2.24) is 29.7 Å². The molecule has 0 unspecified atom stereocenters. The molecule has 5 rings (SSSR count). The lowest BCUT2D eigenvalue weighted by Gasteiger charge is -2.11. The third-order valence-electron chi connectivity index (χ3n) is 5.53. The quantitative estimate of drug-likeness (QED) is 0.409. The van der Waals surface area contributed by atoms with Gasteiger partial charge in [-0.1, -0.05) is 36.4 Å². The number of halogens is 3. The van der Waals surface area contributed by atoms with Crippen LogP contribution in [-0.2, 0) is 19.3 Å². The number of nitrogens with zero attached hydrogens (tertiary/aromatic N) is 5. The molecule has 0 saturated heterocycles. The Balaban J connectivity index is 1.53. The summed E-state index contributed by atoms with van der Waals surface area (Å²) < 4.78 is 44.1. The van der Waals surface area contributed by atoms with Crippen LogP contribution in [0.2, 0.25) is 0 Å². The Morgan fingerprint density at radius 3 is 2.59 bits per heavy atom. The largest absolute Gasteiger partial charge is 0.433 e. The molecule has 172 valence electrons. The molecular weight excluding hydrogens is 445 g/mol. The van der Waals surface area contributed by atoms with Gasteiger partial charge >= 0.3 is 6.18 Å². The number of hydrogen-bond acceptors (Lipinski definition) is 4. The summed E-state index contributed by atoms with van der Waals surface area (Å²) in [5, 5.41) is 12.6. The molecule has 5 aromatic rings. The number of benzene rings is 2. The van der Waals surface area contributed by atoms with Crippen LogP contribution in [0.1, 0.15) is 28.8 Å². The number of fused-ring (bicyclic) bond motifs is 2. The summed E-state index contributed by atoms with van der Waals surface area (Å²) in [7, 11) is 0. The standard InChI is InChI=1S/C24H19F3N6O/c1-2-32-18(9-10-29-32)14-28-23(34)20-13-22-30-19(12-21(24(25,26)27)33(22)31-20)17-8-7-15-5-3-4-6-16(15)11-17/h3-13H,2,14H2,1H3,(H,28,34). The van der Waals surface area contributed by atoms with E-state index >= 15 is 0 Å². The molecule has 0 bridgehead atoms. The molecule has 3 aromatic heterocycles. The Bertz CT molecular complexity index is 1520. The minimum Gasteiger partial charge on any atom is -0.345 e. The topological polar surface area (TPSA) is 77.1 Å². The first-order valence-electron chi connectivity index (χ1n) is 10.6. The molecule has 0 aliphatic heterocycles. The second-order valence-electron chi connectivity index (χ2n) is 7.71. The van der Waals surface area contributed by atoms with Gasteiger partial charge in [-0.3, -0.25) is 9.48 Å². The Morgan fingerprint density at radius 2 is 1.82 bits per heavy atom. The lowest BCUT2D eigenvalue weighted by Crippen LogP contribution is -2.25. The third-order valence-corrected chi connectivity index (χ3v) is 5.53. The van der Waals surface area contributed by atoms with Crippen LogP contribution in [0.3, 0.4) is 0 Å². The molecule has 0 saturated carbocycles. The van der Waals surface area contributed by atoms with E-state index in [0.717, 1.165) is 22.5 Å². The molecule has 1 amide bonds. The average molecular weight is 464 g/mol. The number of aryl methyl sites for hydroxylation is 1. The molecule has 0 atom stereocenters. The van der Waals surface area contributed by atoms with Gasteiger partial charge < -0.3 is 5.32 Å². The number of hydrogen-bond donors (Lipinski definition) is 1. The van der Waals surface area contributed by atoms with Crippen molar-refractivity contribution >= 4 is 22.3 Å². The predicted octanol–water partition coefficient (Wildman–Crippen LogP) is 4.71. The maximum absolute atomic E-state index is 13.9. The van der Waals surface area contributed by atoms with Crippen LogP contribution in [0.5, 0.6) is 0 Å². The van der Waals surface area contributed by atoms with E-state index in [2.05, 4.69) is 20.5 Å². The monoisotopic (exact) mass is 464 g/mol. The van der Waals surface area contributed by atoms with E-state index < -0.39 is 17.8 Å². The summed E-state index contributed by atoms with van der Waals surface area (Å²) in [6.07, 6.45) is -3.08. The van der Waals surface area contributed by atoms with Crippen molar-refractivity contribution in [3.05, 3.63) is 83.9 Å². The number of aromatic nitrogens is 5. The van der Waals surface area contributed by atoms with Gasteiger partial charge in [0.15, 0.2) is 17.0 Å². The van der Waals surface area contributed by atoms with Crippen molar-refractivity contribution in [2.24, 2.45) is 0 Å². The fourth-order valence-electron chi connectivity index (χ4n) is 3.84. The predicted molar refractivity (Wildman–Crippen MR) is 120 cm³/mol. The molecule has 0 aliphatic carbocycles. The molecule has 34 heavy (non-hydrogen) atoms. The second kappa shape index (κ2) is 8.29. The lowest BCUT2D eigenvalue weighted by atomic mass is 10.0. The molecule has 10 heteroatoms. The highest BCUT2D eigenvalue weighted by Gasteiger charge is 2.35. The minimum absolute atomic E-state index is 0.0678. The van der Waals surface area contributed by atoms with E-state index in [1.165, 1.54) is 6.07 Å². The molecule has 0 fully saturated rings. The number of alkyl halides is 3. The highest BCUT2D eigenvalue weighted by Crippen LogP contribution is 2.33. The van der Waals surface area contributed by atoms with Crippen LogP contribution in [-0.4, -0.2) is 30.3 Å². The number of nitrogens with one attached hydrogen (secondary N) is 1. The third kappa shape index (κ3) is 3.98. The number of rotatable bonds is 5. The first kappa shape index (κ1) is 21.6. The zero-order valence-corrected chi connectivity index (χ0v) is 18.0. The van der Waals surface area contributed by atoms with Crippen LogP contribution in [0.4, 0.5) is 13.2 Å². The maximum Gasteiger partial charge on any atom is 0.433 e. The van der Waals surface area contributed by atoms with Gasteiger partial charge in [-0.15, -0.1) is 0 Å². The molecule has 0 radical (unpaired) electrons. The van der Waals surface area contributed by atoms with E-state index in [4.69, 9.17) is 0 Å². The van der Waals surface area contributed by atoms with Crippen molar-refractivity contribution in [2.75, 3.05) is 0 Å². The fraction of sp³-hybridized carbons (Fsp3) is 0.167. The highest BCUT2D eigenvalue weighted by molar-refractivity contribution is 5.93. The number of amides is 1. The second-order valence-corrected chi connectivity index (χ2v) is 7.71. The number of carbonyl (C=O) groups excluding carboxylic acids is 1. The van der Waals surface area contributed by atoms with Crippen LogP contribution >= 0.6 is 0 Å². The molecular formula is C24H19F3N6O. The maximum atomic E-state index is 13.9. The van der Waals surface area contributed by atoms with Crippen molar-refractivity contribution in [1.29, 1.82) is 0 Å². The van der Waals surface area contributed by atoms with Crippen LogP contribution in [0.25, 0.3) is 27.7 Å². The summed E-state index contributed by atoms with van der Waals surface area (Å²) in [6, 6.07) is 16.9. The summed E-state index contributed by atoms with van der Waals surface area (Å²) >= 11 is 0.